The van der Waals surface area contributed by atoms with Gasteiger partial charge < -0.3 is 0 Å². The van der Waals surface area contributed by atoms with Crippen molar-refractivity contribution in [2.75, 3.05) is 0 Å². The maximum Gasteiger partial charge on any atom is 0.0290 e. The summed E-state index contributed by atoms with van der Waals surface area (Å²) in [5.41, 5.74) is 7.29. The molecule has 2 aromatic rings. The van der Waals surface area contributed by atoms with Crippen LogP contribution in [-0.2, 0) is 6.54 Å². The van der Waals surface area contributed by atoms with Gasteiger partial charge in [-0.15, -0.1) is 0 Å². The zero-order valence-electron chi connectivity index (χ0n) is 14.8. The number of rotatable bonds is 3. The average molecular weight is 317 g/mol. The van der Waals surface area contributed by atoms with E-state index in [1.807, 2.05) is 0 Å². The summed E-state index contributed by atoms with van der Waals surface area (Å²) in [5, 5.41) is 0. The van der Waals surface area contributed by atoms with Crippen molar-refractivity contribution in [2.24, 2.45) is 0 Å². The molecule has 1 saturated heterocycles. The first-order chi connectivity index (χ1) is 11.7. The SMILES string of the molecule is Cc1ccc(C)c(C2=CC3CCCC(C2)N3Cc2ccccc2)c1. The number of fused-ring (bicyclic) bond motifs is 2. The van der Waals surface area contributed by atoms with Crippen molar-refractivity contribution in [3.05, 3.63) is 76.9 Å². The molecule has 124 valence electrons. The van der Waals surface area contributed by atoms with Gasteiger partial charge in [-0.2, -0.15) is 0 Å². The molecule has 0 amide bonds. The van der Waals surface area contributed by atoms with E-state index in [9.17, 15) is 0 Å². The van der Waals surface area contributed by atoms with Gasteiger partial charge in [-0.1, -0.05) is 66.6 Å². The van der Waals surface area contributed by atoms with E-state index in [0.717, 1.165) is 6.54 Å². The highest BCUT2D eigenvalue weighted by Gasteiger charge is 2.34. The fourth-order valence-electron chi connectivity index (χ4n) is 4.44. The van der Waals surface area contributed by atoms with Gasteiger partial charge in [0.1, 0.15) is 0 Å². The first kappa shape index (κ1) is 15.7. The van der Waals surface area contributed by atoms with Gasteiger partial charge in [0.2, 0.25) is 0 Å². The van der Waals surface area contributed by atoms with E-state index in [-0.39, 0.29) is 0 Å². The maximum absolute atomic E-state index is 2.74. The number of benzene rings is 2. The Morgan fingerprint density at radius 1 is 1.00 bits per heavy atom. The molecular weight excluding hydrogens is 290 g/mol. The Labute approximate surface area is 146 Å². The second kappa shape index (κ2) is 6.57. The molecule has 0 aromatic heterocycles. The molecule has 0 spiro atoms. The third-order valence-electron chi connectivity index (χ3n) is 5.73. The largest absolute Gasteiger partial charge is 0.289 e. The van der Waals surface area contributed by atoms with E-state index in [1.54, 1.807) is 5.57 Å². The van der Waals surface area contributed by atoms with Crippen LogP contribution in [0.25, 0.3) is 5.57 Å². The number of hydrogen-bond donors (Lipinski definition) is 0. The van der Waals surface area contributed by atoms with Gasteiger partial charge in [0.15, 0.2) is 0 Å². The molecule has 2 aliphatic rings. The lowest BCUT2D eigenvalue weighted by atomic mass is 9.81. The van der Waals surface area contributed by atoms with Crippen LogP contribution in [0.5, 0.6) is 0 Å². The van der Waals surface area contributed by atoms with Gasteiger partial charge >= 0.3 is 0 Å². The van der Waals surface area contributed by atoms with E-state index in [4.69, 9.17) is 0 Å². The monoisotopic (exact) mass is 317 g/mol. The number of nitrogens with zero attached hydrogens (tertiary/aromatic N) is 1. The lowest BCUT2D eigenvalue weighted by Crippen LogP contribution is -2.47. The van der Waals surface area contributed by atoms with Crippen molar-refractivity contribution in [3.8, 4) is 0 Å². The Balaban J connectivity index is 1.63. The zero-order valence-corrected chi connectivity index (χ0v) is 14.8. The van der Waals surface area contributed by atoms with E-state index >= 15 is 0 Å². The standard InChI is InChI=1S/C23H27N/c1-17-11-12-18(2)23(13-17)20-14-21-9-6-10-22(15-20)24(21)16-19-7-4-3-5-8-19/h3-5,7-8,11-14,21-22H,6,9-10,15-16H2,1-2H3. The minimum absolute atomic E-state index is 0.604. The molecule has 0 saturated carbocycles. The van der Waals surface area contributed by atoms with Crippen LogP contribution in [0.4, 0.5) is 0 Å². The van der Waals surface area contributed by atoms with Crippen molar-refractivity contribution in [3.63, 3.8) is 0 Å². The summed E-state index contributed by atoms with van der Waals surface area (Å²) in [5.74, 6) is 0. The molecule has 0 radical (unpaired) electrons. The first-order valence-electron chi connectivity index (χ1n) is 9.29. The molecule has 0 N–H and O–H groups in total. The van der Waals surface area contributed by atoms with E-state index < -0.39 is 0 Å². The predicted molar refractivity (Wildman–Crippen MR) is 102 cm³/mol. The molecule has 4 rings (SSSR count). The normalized spacial score (nSPS) is 23.8. The number of aryl methyl sites for hydroxylation is 2. The van der Waals surface area contributed by atoms with E-state index in [1.165, 1.54) is 47.9 Å². The Morgan fingerprint density at radius 2 is 1.83 bits per heavy atom. The Kier molecular flexibility index (Phi) is 4.28. The number of hydrogen-bond acceptors (Lipinski definition) is 1. The topological polar surface area (TPSA) is 3.24 Å². The molecule has 1 fully saturated rings. The summed E-state index contributed by atoms with van der Waals surface area (Å²) in [6.45, 7) is 5.54. The lowest BCUT2D eigenvalue weighted by molar-refractivity contribution is 0.0951. The van der Waals surface area contributed by atoms with Crippen molar-refractivity contribution >= 4 is 5.57 Å². The summed E-state index contributed by atoms with van der Waals surface area (Å²) in [4.78, 5) is 2.74. The van der Waals surface area contributed by atoms with Crippen LogP contribution in [0.2, 0.25) is 0 Å². The Hall–Kier alpha value is -1.86. The number of piperidine rings is 1. The predicted octanol–water partition coefficient (Wildman–Crippen LogP) is 5.51. The lowest BCUT2D eigenvalue weighted by Gasteiger charge is -2.45. The Morgan fingerprint density at radius 3 is 2.62 bits per heavy atom. The van der Waals surface area contributed by atoms with E-state index in [2.05, 4.69) is 73.4 Å². The quantitative estimate of drug-likeness (QED) is 0.721. The fraction of sp³-hybridized carbons (Fsp3) is 0.391. The minimum atomic E-state index is 0.604. The molecule has 2 aliphatic heterocycles. The van der Waals surface area contributed by atoms with Gasteiger partial charge in [-0.25, -0.2) is 0 Å². The van der Waals surface area contributed by atoms with Crippen molar-refractivity contribution in [2.45, 2.75) is 58.2 Å². The molecular formula is C23H27N. The summed E-state index contributed by atoms with van der Waals surface area (Å²) in [6.07, 6.45) is 7.79. The molecule has 2 bridgehead atoms. The van der Waals surface area contributed by atoms with Gasteiger partial charge in [0.25, 0.3) is 0 Å². The summed E-state index contributed by atoms with van der Waals surface area (Å²) < 4.78 is 0. The smallest absolute Gasteiger partial charge is 0.0290 e. The van der Waals surface area contributed by atoms with Gasteiger partial charge in [0, 0.05) is 18.6 Å². The molecule has 1 heteroatoms. The van der Waals surface area contributed by atoms with Gasteiger partial charge in [-0.05, 0) is 55.4 Å². The van der Waals surface area contributed by atoms with Crippen LogP contribution in [-0.4, -0.2) is 17.0 Å². The average Bonchev–Trinajstić information content (AvgIpc) is 2.58. The Bertz CT molecular complexity index is 744. The summed E-state index contributed by atoms with van der Waals surface area (Å²) in [7, 11) is 0. The van der Waals surface area contributed by atoms with Crippen molar-refractivity contribution in [1.29, 1.82) is 0 Å². The molecule has 24 heavy (non-hydrogen) atoms. The highest BCUT2D eigenvalue weighted by molar-refractivity contribution is 5.70. The summed E-state index contributed by atoms with van der Waals surface area (Å²) >= 11 is 0. The second-order valence-corrected chi connectivity index (χ2v) is 7.52. The van der Waals surface area contributed by atoms with E-state index in [0.29, 0.717) is 12.1 Å². The fourth-order valence-corrected chi connectivity index (χ4v) is 4.44. The molecule has 0 aliphatic carbocycles. The third-order valence-corrected chi connectivity index (χ3v) is 5.73. The zero-order chi connectivity index (χ0) is 16.5. The van der Waals surface area contributed by atoms with Crippen molar-refractivity contribution < 1.29 is 0 Å². The van der Waals surface area contributed by atoms with Crippen molar-refractivity contribution in [1.82, 2.24) is 4.90 Å². The molecule has 2 atom stereocenters. The molecule has 2 heterocycles. The first-order valence-corrected chi connectivity index (χ1v) is 9.29. The summed E-state index contributed by atoms with van der Waals surface area (Å²) in [6, 6.07) is 19.1. The van der Waals surface area contributed by atoms with Crippen LogP contribution in [0.3, 0.4) is 0 Å². The molecule has 2 aromatic carbocycles. The van der Waals surface area contributed by atoms with Crippen LogP contribution in [0.15, 0.2) is 54.6 Å². The third kappa shape index (κ3) is 3.06. The molecule has 1 nitrogen and oxygen atoms in total. The maximum atomic E-state index is 2.74. The van der Waals surface area contributed by atoms with Crippen LogP contribution < -0.4 is 0 Å². The van der Waals surface area contributed by atoms with Crippen LogP contribution in [0, 0.1) is 13.8 Å². The second-order valence-electron chi connectivity index (χ2n) is 7.52. The highest BCUT2D eigenvalue weighted by Crippen LogP contribution is 2.38. The minimum Gasteiger partial charge on any atom is -0.289 e. The van der Waals surface area contributed by atoms with Crippen LogP contribution >= 0.6 is 0 Å². The van der Waals surface area contributed by atoms with Crippen LogP contribution in [0.1, 0.15) is 47.9 Å². The van der Waals surface area contributed by atoms with Gasteiger partial charge in [0.05, 0.1) is 0 Å². The van der Waals surface area contributed by atoms with Gasteiger partial charge in [-0.3, -0.25) is 4.90 Å². The highest BCUT2D eigenvalue weighted by atomic mass is 15.2. The molecule has 2 unspecified atom stereocenters.